The number of carbonyl (C=O) groups excluding carboxylic acids is 3. The molecule has 1 aromatic carbocycles. The molecule has 2 aromatic rings. The molecule has 4 aliphatic heterocycles. The zero-order valence-corrected chi connectivity index (χ0v) is 35.9. The average molecular weight is 811 g/mol. The fourth-order valence-electron chi connectivity index (χ4n) is 10.2. The van der Waals surface area contributed by atoms with Gasteiger partial charge in [0, 0.05) is 42.9 Å². The quantitative estimate of drug-likeness (QED) is 0.245. The first-order chi connectivity index (χ1) is 27.4. The van der Waals surface area contributed by atoms with Crippen molar-refractivity contribution < 1.29 is 43.5 Å². The van der Waals surface area contributed by atoms with E-state index < -0.39 is 71.5 Å². The van der Waals surface area contributed by atoms with E-state index in [9.17, 15) is 24.6 Å². The Bertz CT molecular complexity index is 1740. The van der Waals surface area contributed by atoms with Gasteiger partial charge in [-0.3, -0.25) is 14.9 Å². The number of Topliss-reactive ketones (excluding diaryl/α,β-unsaturated/α-hetero) is 1. The Balaban J connectivity index is 1.31. The highest BCUT2D eigenvalue weighted by molar-refractivity contribution is 6.00. The van der Waals surface area contributed by atoms with E-state index in [4.69, 9.17) is 18.9 Å². The Morgan fingerprint density at radius 2 is 1.76 bits per heavy atom. The molecule has 3 N–H and O–H groups in total. The second-order valence-corrected chi connectivity index (χ2v) is 17.9. The van der Waals surface area contributed by atoms with Crippen LogP contribution in [-0.2, 0) is 35.1 Å². The maximum atomic E-state index is 14.3. The predicted octanol–water partition coefficient (Wildman–Crippen LogP) is 4.07. The Hall–Kier alpha value is -3.44. The molecule has 15 heteroatoms. The maximum absolute atomic E-state index is 14.3. The van der Waals surface area contributed by atoms with E-state index in [-0.39, 0.29) is 36.4 Å². The fourth-order valence-corrected chi connectivity index (χ4v) is 10.2. The highest BCUT2D eigenvalue weighted by atomic mass is 16.7. The molecule has 2 bridgehead atoms. The van der Waals surface area contributed by atoms with Gasteiger partial charge >= 0.3 is 12.1 Å². The molecule has 1 unspecified atom stereocenters. The topological polar surface area (TPSA) is 168 Å². The molecule has 322 valence electrons. The molecule has 1 aromatic heterocycles. The van der Waals surface area contributed by atoms with Gasteiger partial charge in [-0.1, -0.05) is 58.0 Å². The van der Waals surface area contributed by atoms with Crippen LogP contribution in [0.25, 0.3) is 11.3 Å². The summed E-state index contributed by atoms with van der Waals surface area (Å²) in [6, 6.07) is 8.88. The number of benzene rings is 1. The number of ketones is 1. The summed E-state index contributed by atoms with van der Waals surface area (Å²) >= 11 is 0. The number of fused-ring (bicyclic) bond motifs is 1. The molecule has 0 spiro atoms. The lowest BCUT2D eigenvalue weighted by Gasteiger charge is -2.47. The predicted molar refractivity (Wildman–Crippen MR) is 216 cm³/mol. The van der Waals surface area contributed by atoms with E-state index in [0.29, 0.717) is 39.0 Å². The molecule has 5 heterocycles. The minimum absolute atomic E-state index is 0.186. The number of hydrogen-bond acceptors (Lipinski definition) is 13. The van der Waals surface area contributed by atoms with E-state index in [1.807, 2.05) is 99.1 Å². The minimum atomic E-state index is -1.63. The number of aliphatic hydroxyl groups excluding tert-OH is 1. The number of aromatic nitrogens is 2. The van der Waals surface area contributed by atoms with E-state index >= 15 is 0 Å². The standard InChI is InChI=1S/C43H66N6O9/c1-11-33-43(8)37-27(4)34(45-24-48(49(37)41(53)58-43)19-15-18-47-22-31(44-23-47)30-16-13-12-14-17-30)25(2)21-42(7,54)38(28(5)35(50)29(6)39(52)56-33)57-40-36(51)32(46(9)10)20-26(3)55-40/h12-14,16-17,22-23,25-29,32-34,36-38,40,45,51,54H,11,15,18-21,24H2,1-10H3/t25-,26-,27-,28+,29-,32+,33+,34?,36-,37-,38-,40+,42+,43-/m1/s1. The van der Waals surface area contributed by atoms with E-state index in [1.54, 1.807) is 18.9 Å². The third-order valence-corrected chi connectivity index (χ3v) is 13.2. The van der Waals surface area contributed by atoms with Gasteiger partial charge in [0.15, 0.2) is 17.7 Å². The Morgan fingerprint density at radius 3 is 2.43 bits per heavy atom. The summed E-state index contributed by atoms with van der Waals surface area (Å²) in [7, 11) is 3.76. The summed E-state index contributed by atoms with van der Waals surface area (Å²) in [5.41, 5.74) is -0.978. The molecule has 1 amide bonds. The molecule has 0 saturated carbocycles. The third-order valence-electron chi connectivity index (χ3n) is 13.2. The minimum Gasteiger partial charge on any atom is -0.458 e. The molecule has 4 aliphatic rings. The average Bonchev–Trinajstić information content (AvgIpc) is 3.71. The number of hydrogen-bond donors (Lipinski definition) is 3. The number of nitrogens with zero attached hydrogens (tertiary/aromatic N) is 5. The van der Waals surface area contributed by atoms with Gasteiger partial charge in [-0.25, -0.2) is 19.8 Å². The fraction of sp³-hybridized carbons (Fsp3) is 0.721. The SMILES string of the molecule is CC[C@@H]1OC(=O)[C@H](C)C(=O)[C@H](C)[C@@H](O[C@@H]2O[C@H](C)C[C@H](N(C)C)[C@H]2O)[C@@](C)(O)C[C@@H](C)C2NCN(CCCn3cnc(-c4ccccc4)c3)N3C(=O)O[C@@]1(C)[C@H]3[C@@H]2C. The van der Waals surface area contributed by atoms with Crippen molar-refractivity contribution in [2.75, 3.05) is 27.3 Å². The van der Waals surface area contributed by atoms with E-state index in [1.165, 1.54) is 6.92 Å². The van der Waals surface area contributed by atoms with Crippen LogP contribution in [0.5, 0.6) is 0 Å². The van der Waals surface area contributed by atoms with Crippen LogP contribution in [0, 0.1) is 23.7 Å². The Kier molecular flexibility index (Phi) is 13.4. The van der Waals surface area contributed by atoms with Gasteiger partial charge < -0.3 is 38.6 Å². The summed E-state index contributed by atoms with van der Waals surface area (Å²) in [4.78, 5) is 48.9. The summed E-state index contributed by atoms with van der Waals surface area (Å²) < 4.78 is 27.2. The molecule has 6 rings (SSSR count). The number of cyclic esters (lactones) is 1. The molecular formula is C43H66N6O9. The van der Waals surface area contributed by atoms with Crippen molar-refractivity contribution in [3.05, 3.63) is 42.9 Å². The van der Waals surface area contributed by atoms with Crippen LogP contribution in [0.15, 0.2) is 42.9 Å². The van der Waals surface area contributed by atoms with E-state index in [0.717, 1.165) is 11.3 Å². The third kappa shape index (κ3) is 8.72. The van der Waals surface area contributed by atoms with Crippen molar-refractivity contribution >= 4 is 17.8 Å². The number of rotatable bonds is 9. The number of esters is 1. The van der Waals surface area contributed by atoms with Crippen LogP contribution in [0.1, 0.15) is 81.1 Å². The largest absolute Gasteiger partial charge is 0.458 e. The van der Waals surface area contributed by atoms with Crippen LogP contribution in [0.2, 0.25) is 0 Å². The molecule has 14 atom stereocenters. The molecule has 58 heavy (non-hydrogen) atoms. The van der Waals surface area contributed by atoms with Gasteiger partial charge in [-0.2, -0.15) is 0 Å². The number of hydrazine groups is 1. The number of imidazole rings is 1. The van der Waals surface area contributed by atoms with Crippen molar-refractivity contribution in [2.24, 2.45) is 23.7 Å². The first-order valence-corrected chi connectivity index (χ1v) is 21.1. The van der Waals surface area contributed by atoms with Gasteiger partial charge in [-0.15, -0.1) is 0 Å². The lowest BCUT2D eigenvalue weighted by molar-refractivity contribution is -0.293. The lowest BCUT2D eigenvalue weighted by atomic mass is 9.72. The highest BCUT2D eigenvalue weighted by Crippen LogP contribution is 2.45. The Morgan fingerprint density at radius 1 is 1.05 bits per heavy atom. The number of ether oxygens (including phenoxy) is 4. The van der Waals surface area contributed by atoms with Crippen molar-refractivity contribution in [2.45, 2.75) is 148 Å². The number of carbonyl (C=O) groups is 3. The van der Waals surface area contributed by atoms with Gasteiger partial charge in [0.25, 0.3) is 0 Å². The Labute approximate surface area is 343 Å². The van der Waals surface area contributed by atoms with Crippen LogP contribution < -0.4 is 5.32 Å². The smallest absolute Gasteiger partial charge is 0.425 e. The van der Waals surface area contributed by atoms with Crippen molar-refractivity contribution in [3.63, 3.8) is 0 Å². The van der Waals surface area contributed by atoms with Crippen molar-refractivity contribution in [1.82, 2.24) is 29.8 Å². The lowest BCUT2D eigenvalue weighted by Crippen LogP contribution is -2.61. The van der Waals surface area contributed by atoms with Gasteiger partial charge in [0.05, 0.1) is 42.5 Å². The summed E-state index contributed by atoms with van der Waals surface area (Å²) in [5, 5.41) is 31.4. The number of amides is 1. The summed E-state index contributed by atoms with van der Waals surface area (Å²) in [6.07, 6.45) is 0.632. The van der Waals surface area contributed by atoms with Gasteiger partial charge in [0.1, 0.15) is 18.1 Å². The highest BCUT2D eigenvalue weighted by Gasteiger charge is 2.62. The zero-order valence-electron chi connectivity index (χ0n) is 35.9. The molecule has 4 saturated heterocycles. The summed E-state index contributed by atoms with van der Waals surface area (Å²) in [6.45, 7) is 16.0. The summed E-state index contributed by atoms with van der Waals surface area (Å²) in [5.74, 6) is -3.92. The molecule has 0 aliphatic carbocycles. The van der Waals surface area contributed by atoms with Crippen LogP contribution in [0.3, 0.4) is 0 Å². The zero-order chi connectivity index (χ0) is 42.3. The van der Waals surface area contributed by atoms with Crippen LogP contribution in [-0.4, -0.2) is 140 Å². The monoisotopic (exact) mass is 810 g/mol. The number of aliphatic hydroxyl groups is 2. The van der Waals surface area contributed by atoms with Crippen molar-refractivity contribution in [1.29, 1.82) is 0 Å². The number of aryl methyl sites for hydroxylation is 1. The second kappa shape index (κ2) is 17.6. The normalized spacial score (nSPS) is 39.3. The van der Waals surface area contributed by atoms with Crippen LogP contribution >= 0.6 is 0 Å². The van der Waals surface area contributed by atoms with Gasteiger partial charge in [0.2, 0.25) is 0 Å². The molecular weight excluding hydrogens is 745 g/mol. The number of nitrogens with one attached hydrogen (secondary N) is 1. The van der Waals surface area contributed by atoms with Gasteiger partial charge in [-0.05, 0) is 79.3 Å². The van der Waals surface area contributed by atoms with Crippen molar-refractivity contribution in [3.8, 4) is 11.3 Å². The first kappa shape index (κ1) is 44.1. The molecule has 4 fully saturated rings. The molecule has 0 radical (unpaired) electrons. The second-order valence-electron chi connectivity index (χ2n) is 17.9. The van der Waals surface area contributed by atoms with Crippen LogP contribution in [0.4, 0.5) is 4.79 Å². The first-order valence-electron chi connectivity index (χ1n) is 21.1. The van der Waals surface area contributed by atoms with E-state index in [2.05, 4.69) is 17.2 Å². The maximum Gasteiger partial charge on any atom is 0.425 e. The molecule has 15 nitrogen and oxygen atoms in total. The number of likely N-dealkylation sites (N-methyl/N-ethyl adjacent to an activating group) is 1.